The molecule has 0 radical (unpaired) electrons. The van der Waals surface area contributed by atoms with Crippen molar-refractivity contribution in [2.45, 2.75) is 70.5 Å². The highest BCUT2D eigenvalue weighted by Crippen LogP contribution is 2.47. The Morgan fingerprint density at radius 3 is 2.43 bits per heavy atom. The van der Waals surface area contributed by atoms with Gasteiger partial charge in [-0.2, -0.15) is 0 Å². The number of rotatable bonds is 15. The fraction of sp³-hybridized carbons (Fsp3) is 0.556. The molecule has 0 saturated carbocycles. The van der Waals surface area contributed by atoms with Gasteiger partial charge in [-0.1, -0.05) is 45.2 Å². The van der Waals surface area contributed by atoms with Crippen LogP contribution in [0.1, 0.15) is 75.5 Å². The number of ether oxygens (including phenoxy) is 2. The fourth-order valence-corrected chi connectivity index (χ4v) is 4.99. The Balaban J connectivity index is 1.69. The molecule has 0 amide bonds. The summed E-state index contributed by atoms with van der Waals surface area (Å²) in [4.78, 5) is 0. The van der Waals surface area contributed by atoms with Gasteiger partial charge >= 0.3 is 0 Å². The van der Waals surface area contributed by atoms with E-state index in [1.807, 2.05) is 24.3 Å². The first-order valence-electron chi connectivity index (χ1n) is 12.7. The number of fused-ring (bicyclic) bond motifs is 1. The minimum absolute atomic E-state index is 0.176. The first kappa shape index (κ1) is 27.3. The van der Waals surface area contributed by atoms with Crippen molar-refractivity contribution in [1.82, 2.24) is 5.32 Å². The van der Waals surface area contributed by atoms with Crippen molar-refractivity contribution in [3.8, 4) is 11.5 Å². The lowest BCUT2D eigenvalue weighted by Crippen LogP contribution is -2.24. The second-order valence-corrected chi connectivity index (χ2v) is 11.0. The molecule has 3 atom stereocenters. The number of sulfonamides is 1. The molecule has 0 saturated heterocycles. The number of aliphatic hydroxyl groups excluding tert-OH is 1. The molecule has 1 heterocycles. The van der Waals surface area contributed by atoms with Crippen LogP contribution in [-0.2, 0) is 10.0 Å². The molecule has 2 aromatic rings. The number of nitrogens with one attached hydrogen (secondary N) is 2. The van der Waals surface area contributed by atoms with E-state index in [0.29, 0.717) is 18.0 Å². The molecule has 3 N–H and O–H groups in total. The molecule has 0 bridgehead atoms. The lowest BCUT2D eigenvalue weighted by atomic mass is 9.84. The van der Waals surface area contributed by atoms with E-state index >= 15 is 0 Å². The molecule has 3 rings (SSSR count). The first-order chi connectivity index (χ1) is 16.8. The van der Waals surface area contributed by atoms with Crippen molar-refractivity contribution in [3.05, 3.63) is 53.6 Å². The van der Waals surface area contributed by atoms with Crippen LogP contribution in [0.2, 0.25) is 0 Å². The molecule has 1 aliphatic rings. The Bertz CT molecular complexity index is 1030. The fourth-order valence-electron chi connectivity index (χ4n) is 4.43. The Kier molecular flexibility index (Phi) is 10.2. The summed E-state index contributed by atoms with van der Waals surface area (Å²) < 4.78 is 38.0. The summed E-state index contributed by atoms with van der Waals surface area (Å²) in [7, 11) is -3.40. The van der Waals surface area contributed by atoms with Crippen LogP contribution in [-0.4, -0.2) is 45.6 Å². The summed E-state index contributed by atoms with van der Waals surface area (Å²) in [5.41, 5.74) is 2.07. The normalized spacial score (nSPS) is 18.1. The average Bonchev–Trinajstić information content (AvgIpc) is 3.18. The van der Waals surface area contributed by atoms with Crippen molar-refractivity contribution in [1.29, 1.82) is 0 Å². The van der Waals surface area contributed by atoms with Gasteiger partial charge in [0.1, 0.15) is 17.6 Å². The average molecular weight is 505 g/mol. The van der Waals surface area contributed by atoms with E-state index in [9.17, 15) is 13.5 Å². The maximum Gasteiger partial charge on any atom is 0.229 e. The Morgan fingerprint density at radius 1 is 1.03 bits per heavy atom. The molecular weight excluding hydrogens is 464 g/mol. The Labute approximate surface area is 210 Å². The third kappa shape index (κ3) is 8.12. The summed E-state index contributed by atoms with van der Waals surface area (Å²) in [6, 6.07) is 12.8. The predicted molar refractivity (Wildman–Crippen MR) is 141 cm³/mol. The molecule has 0 spiro atoms. The number of aliphatic hydroxyl groups is 1. The van der Waals surface area contributed by atoms with E-state index < -0.39 is 16.1 Å². The largest absolute Gasteiger partial charge is 0.494 e. The second kappa shape index (κ2) is 13.1. The van der Waals surface area contributed by atoms with Gasteiger partial charge in [0.2, 0.25) is 10.0 Å². The van der Waals surface area contributed by atoms with Crippen molar-refractivity contribution in [2.75, 3.05) is 30.7 Å². The van der Waals surface area contributed by atoms with Gasteiger partial charge in [-0.05, 0) is 68.2 Å². The monoisotopic (exact) mass is 504 g/mol. The van der Waals surface area contributed by atoms with Gasteiger partial charge in [-0.15, -0.1) is 0 Å². The summed E-state index contributed by atoms with van der Waals surface area (Å²) in [6.07, 6.45) is 6.31. The van der Waals surface area contributed by atoms with Crippen LogP contribution in [0.3, 0.4) is 0 Å². The lowest BCUT2D eigenvalue weighted by molar-refractivity contribution is 0.0833. The summed E-state index contributed by atoms with van der Waals surface area (Å²) in [6.45, 7) is 6.93. The van der Waals surface area contributed by atoms with Gasteiger partial charge in [0.05, 0.1) is 24.9 Å². The smallest absolute Gasteiger partial charge is 0.229 e. The number of hydrogen-bond acceptors (Lipinski definition) is 6. The van der Waals surface area contributed by atoms with Crippen LogP contribution < -0.4 is 19.5 Å². The molecule has 35 heavy (non-hydrogen) atoms. The number of anilines is 1. The van der Waals surface area contributed by atoms with Crippen LogP contribution in [0.15, 0.2) is 42.5 Å². The molecule has 0 aliphatic carbocycles. The highest BCUT2D eigenvalue weighted by molar-refractivity contribution is 7.92. The molecular formula is C27H40N2O5S. The quantitative estimate of drug-likeness (QED) is 0.296. The van der Waals surface area contributed by atoms with Crippen LogP contribution in [0, 0.1) is 0 Å². The van der Waals surface area contributed by atoms with Crippen molar-refractivity contribution in [2.24, 2.45) is 0 Å². The van der Waals surface area contributed by atoms with Crippen molar-refractivity contribution < 1.29 is 23.0 Å². The van der Waals surface area contributed by atoms with E-state index in [0.717, 1.165) is 61.9 Å². The number of unbranched alkanes of at least 4 members (excludes halogenated alkanes) is 2. The van der Waals surface area contributed by atoms with Gasteiger partial charge in [0.25, 0.3) is 0 Å². The maximum atomic E-state index is 11.7. The van der Waals surface area contributed by atoms with Gasteiger partial charge in [-0.25, -0.2) is 8.42 Å². The van der Waals surface area contributed by atoms with Gasteiger partial charge in [0.15, 0.2) is 0 Å². The standard InChI is InChI=1S/C27H40N2O5S/c1-4-6-9-25-26(23-19-21(29-35(3,31)32)12-15-24(23)34-25)27(30)20-10-13-22(14-11-20)33-18-8-17-28-16-7-5-2/h10-15,19,25-30H,4-9,16-18H2,1-3H3. The third-order valence-corrected chi connectivity index (χ3v) is 6.84. The predicted octanol–water partition coefficient (Wildman–Crippen LogP) is 4.99. The molecule has 194 valence electrons. The topological polar surface area (TPSA) is 96.9 Å². The van der Waals surface area contributed by atoms with Crippen LogP contribution in [0.25, 0.3) is 0 Å². The Morgan fingerprint density at radius 2 is 1.74 bits per heavy atom. The van der Waals surface area contributed by atoms with E-state index in [1.54, 1.807) is 18.2 Å². The van der Waals surface area contributed by atoms with E-state index in [2.05, 4.69) is 23.9 Å². The van der Waals surface area contributed by atoms with Gasteiger partial charge < -0.3 is 19.9 Å². The zero-order valence-electron chi connectivity index (χ0n) is 21.1. The van der Waals surface area contributed by atoms with Crippen molar-refractivity contribution in [3.63, 3.8) is 0 Å². The van der Waals surface area contributed by atoms with Crippen molar-refractivity contribution >= 4 is 15.7 Å². The highest BCUT2D eigenvalue weighted by Gasteiger charge is 2.39. The van der Waals surface area contributed by atoms with E-state index in [4.69, 9.17) is 9.47 Å². The van der Waals surface area contributed by atoms with Gasteiger partial charge in [-0.3, -0.25) is 4.72 Å². The molecule has 1 aliphatic heterocycles. The third-order valence-electron chi connectivity index (χ3n) is 6.23. The van der Waals surface area contributed by atoms with Crippen LogP contribution in [0.4, 0.5) is 5.69 Å². The van der Waals surface area contributed by atoms with E-state index in [1.165, 1.54) is 12.8 Å². The zero-order chi connectivity index (χ0) is 25.3. The lowest BCUT2D eigenvalue weighted by Gasteiger charge is -2.25. The highest BCUT2D eigenvalue weighted by atomic mass is 32.2. The summed E-state index contributed by atoms with van der Waals surface area (Å²) in [5.74, 6) is 1.18. The van der Waals surface area contributed by atoms with E-state index in [-0.39, 0.29) is 12.0 Å². The molecule has 3 unspecified atom stereocenters. The Hall–Kier alpha value is -2.29. The molecule has 7 nitrogen and oxygen atoms in total. The van der Waals surface area contributed by atoms with Gasteiger partial charge in [0, 0.05) is 11.3 Å². The minimum Gasteiger partial charge on any atom is -0.494 e. The molecule has 0 fully saturated rings. The molecule has 8 heteroatoms. The number of hydrogen-bond donors (Lipinski definition) is 3. The molecule has 0 aromatic heterocycles. The van der Waals surface area contributed by atoms with Crippen LogP contribution >= 0.6 is 0 Å². The molecule has 2 aromatic carbocycles. The van der Waals surface area contributed by atoms with Crippen LogP contribution in [0.5, 0.6) is 11.5 Å². The maximum absolute atomic E-state index is 11.7. The second-order valence-electron chi connectivity index (χ2n) is 9.27. The zero-order valence-corrected chi connectivity index (χ0v) is 21.9. The summed E-state index contributed by atoms with van der Waals surface area (Å²) >= 11 is 0. The minimum atomic E-state index is -3.40. The number of benzene rings is 2. The first-order valence-corrected chi connectivity index (χ1v) is 14.6. The summed E-state index contributed by atoms with van der Waals surface area (Å²) in [5, 5.41) is 14.8. The SMILES string of the molecule is CCCCNCCCOc1ccc(C(O)C2c3cc(NS(C)(=O)=O)ccc3OC2CCCC)cc1.